The first-order chi connectivity index (χ1) is 21.1. The van der Waals surface area contributed by atoms with Crippen LogP contribution in [0.15, 0.2) is 150 Å². The molecule has 0 bridgehead atoms. The van der Waals surface area contributed by atoms with Crippen LogP contribution in [0.25, 0.3) is 44.8 Å². The number of oxazole rings is 1. The number of anilines is 3. The highest BCUT2D eigenvalue weighted by atomic mass is 16.3. The maximum absolute atomic E-state index is 6.34. The highest BCUT2D eigenvalue weighted by Gasteiger charge is 2.35. The second-order valence-electron chi connectivity index (χ2n) is 11.7. The van der Waals surface area contributed by atoms with E-state index in [-0.39, 0.29) is 5.41 Å². The number of benzene rings is 6. The first kappa shape index (κ1) is 25.3. The van der Waals surface area contributed by atoms with Gasteiger partial charge in [0.1, 0.15) is 5.52 Å². The molecule has 0 fully saturated rings. The fourth-order valence-corrected chi connectivity index (χ4v) is 6.55. The van der Waals surface area contributed by atoms with Gasteiger partial charge in [-0.3, -0.25) is 0 Å². The predicted octanol–water partition coefficient (Wildman–Crippen LogP) is 10.9. The second-order valence-corrected chi connectivity index (χ2v) is 11.7. The lowest BCUT2D eigenvalue weighted by molar-refractivity contribution is 0.620. The highest BCUT2D eigenvalue weighted by molar-refractivity contribution is 5.92. The Morgan fingerprint density at radius 2 is 1.14 bits per heavy atom. The molecule has 6 aromatic carbocycles. The summed E-state index contributed by atoms with van der Waals surface area (Å²) >= 11 is 0. The van der Waals surface area contributed by atoms with Gasteiger partial charge in [-0.15, -0.1) is 0 Å². The smallest absolute Gasteiger partial charge is 0.227 e. The maximum atomic E-state index is 6.34. The zero-order chi connectivity index (χ0) is 29.0. The van der Waals surface area contributed by atoms with Crippen molar-refractivity contribution in [2.75, 3.05) is 4.90 Å². The average Bonchev–Trinajstić information content (AvgIpc) is 3.59. The van der Waals surface area contributed by atoms with Crippen molar-refractivity contribution in [3.63, 3.8) is 0 Å². The molecule has 3 nitrogen and oxygen atoms in total. The maximum Gasteiger partial charge on any atom is 0.227 e. The van der Waals surface area contributed by atoms with Crippen LogP contribution in [0, 0.1) is 0 Å². The zero-order valence-corrected chi connectivity index (χ0v) is 24.2. The molecular weight excluding hydrogens is 524 g/mol. The fraction of sp³-hybridized carbons (Fsp3) is 0.0750. The lowest BCUT2D eigenvalue weighted by Crippen LogP contribution is -2.16. The fourth-order valence-electron chi connectivity index (χ4n) is 6.55. The molecule has 1 aliphatic carbocycles. The molecule has 0 N–H and O–H groups in total. The molecule has 0 spiro atoms. The van der Waals surface area contributed by atoms with Gasteiger partial charge in [-0.25, -0.2) is 4.98 Å². The van der Waals surface area contributed by atoms with Gasteiger partial charge in [-0.2, -0.15) is 0 Å². The Bertz CT molecular complexity index is 2110. The van der Waals surface area contributed by atoms with E-state index in [1.165, 1.54) is 27.8 Å². The molecule has 8 rings (SSSR count). The molecule has 0 aliphatic heterocycles. The molecule has 0 saturated heterocycles. The molecule has 1 aliphatic rings. The summed E-state index contributed by atoms with van der Waals surface area (Å²) in [5.41, 5.74) is 13.3. The molecular formula is C40H30N2O. The lowest BCUT2D eigenvalue weighted by atomic mass is 9.82. The number of hydrogen-bond acceptors (Lipinski definition) is 3. The summed E-state index contributed by atoms with van der Waals surface area (Å²) in [7, 11) is 0. The highest BCUT2D eigenvalue weighted by Crippen LogP contribution is 2.51. The van der Waals surface area contributed by atoms with E-state index >= 15 is 0 Å². The van der Waals surface area contributed by atoms with Crippen molar-refractivity contribution >= 4 is 28.2 Å². The van der Waals surface area contributed by atoms with Crippen LogP contribution in [0.4, 0.5) is 17.1 Å². The van der Waals surface area contributed by atoms with Gasteiger partial charge in [0.25, 0.3) is 0 Å². The molecule has 1 heterocycles. The monoisotopic (exact) mass is 554 g/mol. The van der Waals surface area contributed by atoms with E-state index in [4.69, 9.17) is 9.40 Å². The molecule has 0 radical (unpaired) electrons. The van der Waals surface area contributed by atoms with E-state index < -0.39 is 0 Å². The minimum Gasteiger partial charge on any atom is -0.436 e. The number of para-hydroxylation sites is 1. The molecule has 1 aromatic heterocycles. The number of fused-ring (bicyclic) bond motifs is 4. The van der Waals surface area contributed by atoms with Crippen LogP contribution in [-0.4, -0.2) is 4.98 Å². The van der Waals surface area contributed by atoms with Crippen LogP contribution >= 0.6 is 0 Å². The summed E-state index contributed by atoms with van der Waals surface area (Å²) in [5, 5.41) is 0. The Kier molecular flexibility index (Phi) is 5.80. The van der Waals surface area contributed by atoms with Crippen molar-refractivity contribution in [1.29, 1.82) is 0 Å². The molecule has 43 heavy (non-hydrogen) atoms. The van der Waals surface area contributed by atoms with Gasteiger partial charge in [0.15, 0.2) is 5.58 Å². The minimum absolute atomic E-state index is 0.105. The van der Waals surface area contributed by atoms with E-state index in [0.29, 0.717) is 5.89 Å². The number of rotatable bonds is 5. The summed E-state index contributed by atoms with van der Waals surface area (Å²) in [6.07, 6.45) is 0. The summed E-state index contributed by atoms with van der Waals surface area (Å²) in [5.74, 6) is 0.626. The van der Waals surface area contributed by atoms with Crippen LogP contribution in [0.5, 0.6) is 0 Å². The quantitative estimate of drug-likeness (QED) is 0.212. The second kappa shape index (κ2) is 9.85. The van der Waals surface area contributed by atoms with Crippen molar-refractivity contribution in [3.05, 3.63) is 157 Å². The van der Waals surface area contributed by atoms with Crippen molar-refractivity contribution < 1.29 is 4.42 Å². The van der Waals surface area contributed by atoms with Crippen molar-refractivity contribution in [3.8, 4) is 33.7 Å². The van der Waals surface area contributed by atoms with E-state index in [9.17, 15) is 0 Å². The minimum atomic E-state index is -0.105. The summed E-state index contributed by atoms with van der Waals surface area (Å²) < 4.78 is 6.34. The van der Waals surface area contributed by atoms with E-state index in [0.717, 1.165) is 39.3 Å². The number of aromatic nitrogens is 1. The standard InChI is InChI=1S/C40H30N2O/c1-40(2)34-19-11-9-18-32(34)33-23-21-29(25-35(33)40)42(37-20-12-10-17-31(37)27-13-5-3-6-14-27)30-22-24-36-38(26-30)43-39(41-36)28-15-7-4-8-16-28/h3-26H,1-2H3. The van der Waals surface area contributed by atoms with E-state index in [1.54, 1.807) is 0 Å². The van der Waals surface area contributed by atoms with Crippen LogP contribution in [0.2, 0.25) is 0 Å². The van der Waals surface area contributed by atoms with Crippen molar-refractivity contribution in [1.82, 2.24) is 4.98 Å². The summed E-state index contributed by atoms with van der Waals surface area (Å²) in [4.78, 5) is 7.15. The first-order valence-electron chi connectivity index (χ1n) is 14.7. The van der Waals surface area contributed by atoms with Gasteiger partial charge >= 0.3 is 0 Å². The van der Waals surface area contributed by atoms with Crippen LogP contribution < -0.4 is 4.90 Å². The van der Waals surface area contributed by atoms with Gasteiger partial charge in [0.2, 0.25) is 5.89 Å². The number of nitrogens with zero attached hydrogens (tertiary/aromatic N) is 2. The third-order valence-electron chi connectivity index (χ3n) is 8.71. The Hall–Kier alpha value is -5.41. The summed E-state index contributed by atoms with van der Waals surface area (Å²) in [6, 6.07) is 51.3. The van der Waals surface area contributed by atoms with Gasteiger partial charge in [-0.1, -0.05) is 111 Å². The summed E-state index contributed by atoms with van der Waals surface area (Å²) in [6.45, 7) is 4.66. The Labute approximate surface area is 251 Å². The van der Waals surface area contributed by atoms with Crippen molar-refractivity contribution in [2.45, 2.75) is 19.3 Å². The molecule has 0 unspecified atom stereocenters. The predicted molar refractivity (Wildman–Crippen MR) is 177 cm³/mol. The molecule has 3 heteroatoms. The zero-order valence-electron chi connectivity index (χ0n) is 24.2. The largest absolute Gasteiger partial charge is 0.436 e. The van der Waals surface area contributed by atoms with Gasteiger partial charge in [-0.05, 0) is 70.3 Å². The van der Waals surface area contributed by atoms with Crippen molar-refractivity contribution in [2.24, 2.45) is 0 Å². The molecule has 0 saturated carbocycles. The van der Waals surface area contributed by atoms with Crippen LogP contribution in [0.1, 0.15) is 25.0 Å². The van der Waals surface area contributed by atoms with Gasteiger partial charge in [0, 0.05) is 28.3 Å². The van der Waals surface area contributed by atoms with Gasteiger partial charge < -0.3 is 9.32 Å². The number of hydrogen-bond donors (Lipinski definition) is 0. The van der Waals surface area contributed by atoms with Crippen LogP contribution in [-0.2, 0) is 5.41 Å². The Morgan fingerprint density at radius 3 is 1.93 bits per heavy atom. The van der Waals surface area contributed by atoms with E-state index in [2.05, 4.69) is 134 Å². The van der Waals surface area contributed by atoms with E-state index in [1.807, 2.05) is 30.3 Å². The Morgan fingerprint density at radius 1 is 0.535 bits per heavy atom. The van der Waals surface area contributed by atoms with Crippen LogP contribution in [0.3, 0.4) is 0 Å². The molecule has 7 aromatic rings. The topological polar surface area (TPSA) is 29.3 Å². The average molecular weight is 555 g/mol. The Balaban J connectivity index is 1.33. The third kappa shape index (κ3) is 4.16. The lowest BCUT2D eigenvalue weighted by Gasteiger charge is -2.29. The third-order valence-corrected chi connectivity index (χ3v) is 8.71. The first-order valence-corrected chi connectivity index (χ1v) is 14.7. The molecule has 0 atom stereocenters. The SMILES string of the molecule is CC1(C)c2ccccc2-c2ccc(N(c3ccc4nc(-c5ccccc5)oc4c3)c3ccccc3-c3ccccc3)cc21. The normalized spacial score (nSPS) is 13.1. The molecule has 0 amide bonds. The van der Waals surface area contributed by atoms with Gasteiger partial charge in [0.05, 0.1) is 11.4 Å². The molecule has 206 valence electrons.